The summed E-state index contributed by atoms with van der Waals surface area (Å²) in [6, 6.07) is 14.3. The van der Waals surface area contributed by atoms with Crippen LogP contribution < -0.4 is 0 Å². The number of halogens is 2. The van der Waals surface area contributed by atoms with Gasteiger partial charge in [-0.1, -0.05) is 31.9 Å². The van der Waals surface area contributed by atoms with Gasteiger partial charge in [0.2, 0.25) is 11.8 Å². The predicted molar refractivity (Wildman–Crippen MR) is 149 cm³/mol. The molecule has 38 heavy (non-hydrogen) atoms. The molecule has 12 heteroatoms. The molecule has 0 saturated heterocycles. The summed E-state index contributed by atoms with van der Waals surface area (Å²) in [5.74, 6) is -0.939. The van der Waals surface area contributed by atoms with Crippen molar-refractivity contribution in [3.63, 3.8) is 0 Å². The molecule has 193 valence electrons. The van der Waals surface area contributed by atoms with Crippen molar-refractivity contribution in [2.24, 2.45) is 9.98 Å². The number of hydrogen-bond donors (Lipinski definition) is 0. The molecule has 0 saturated carbocycles. The van der Waals surface area contributed by atoms with Gasteiger partial charge in [0, 0.05) is 60.3 Å². The second-order valence-electron chi connectivity index (χ2n) is 7.50. The normalized spacial score (nSPS) is 16.7. The number of ether oxygens (including phenoxy) is 5. The van der Waals surface area contributed by atoms with Crippen molar-refractivity contribution in [2.75, 3.05) is 26.4 Å². The first kappa shape index (κ1) is 30.7. The molecule has 2 aromatic rings. The van der Waals surface area contributed by atoms with E-state index in [1.165, 1.54) is 0 Å². The zero-order chi connectivity index (χ0) is 26.4. The summed E-state index contributed by atoms with van der Waals surface area (Å²) < 4.78 is 29.6. The molecule has 2 heterocycles. The first-order chi connectivity index (χ1) is 17.9. The van der Waals surface area contributed by atoms with E-state index in [1.807, 2.05) is 24.3 Å². The van der Waals surface area contributed by atoms with Crippen LogP contribution in [-0.4, -0.2) is 102 Å². The minimum absolute atomic E-state index is 0. The maximum absolute atomic E-state index is 12.8. The van der Waals surface area contributed by atoms with Crippen molar-refractivity contribution in [2.45, 2.75) is 13.8 Å². The molecular weight excluding hydrogens is 651 g/mol. The van der Waals surface area contributed by atoms with Gasteiger partial charge in [-0.25, -0.2) is 19.6 Å². The van der Waals surface area contributed by atoms with E-state index in [4.69, 9.17) is 23.7 Å². The largest absolute Gasteiger partial charge is 0.469 e. The Hall–Kier alpha value is -1.80. The fraction of sp³-hybridized carbons (Fsp3) is 0.231. The van der Waals surface area contributed by atoms with Crippen LogP contribution in [0.5, 0.6) is 0 Å². The monoisotopic (exact) mass is 671 g/mol. The third kappa shape index (κ3) is 7.65. The SMILES string of the molecule is CCOC(=O)C1=C(OC2=C(C(=O)OCC)C(=Nc3ccc(Br)cc3)OC2)COC1=Nc1ccc(Br)cc1.[K]. The van der Waals surface area contributed by atoms with Gasteiger partial charge >= 0.3 is 11.9 Å². The van der Waals surface area contributed by atoms with Gasteiger partial charge in [-0.3, -0.25) is 0 Å². The van der Waals surface area contributed by atoms with E-state index in [0.717, 1.165) is 8.95 Å². The van der Waals surface area contributed by atoms with E-state index in [1.54, 1.807) is 38.1 Å². The summed E-state index contributed by atoms with van der Waals surface area (Å²) in [5, 5.41) is 0. The maximum atomic E-state index is 12.8. The third-order valence-electron chi connectivity index (χ3n) is 4.99. The van der Waals surface area contributed by atoms with Gasteiger partial charge < -0.3 is 23.7 Å². The molecule has 4 rings (SSSR count). The van der Waals surface area contributed by atoms with Crippen LogP contribution in [0.4, 0.5) is 11.4 Å². The number of carbonyl (C=O) groups excluding carboxylic acids is 2. The molecule has 9 nitrogen and oxygen atoms in total. The molecule has 0 N–H and O–H groups in total. The van der Waals surface area contributed by atoms with Crippen LogP contribution in [0.15, 0.2) is 90.1 Å². The van der Waals surface area contributed by atoms with E-state index < -0.39 is 11.9 Å². The number of aliphatic imine (C=N–C) groups is 2. The average Bonchev–Trinajstić information content (AvgIpc) is 3.46. The van der Waals surface area contributed by atoms with E-state index in [0.29, 0.717) is 11.4 Å². The van der Waals surface area contributed by atoms with Crippen LogP contribution in [0.25, 0.3) is 0 Å². The molecule has 2 aliphatic heterocycles. The first-order valence-electron chi connectivity index (χ1n) is 11.3. The minimum Gasteiger partial charge on any atom is -0.469 e. The van der Waals surface area contributed by atoms with Crippen molar-refractivity contribution in [3.8, 4) is 0 Å². The molecule has 0 aromatic heterocycles. The van der Waals surface area contributed by atoms with Crippen molar-refractivity contribution in [1.82, 2.24) is 0 Å². The van der Waals surface area contributed by atoms with E-state index in [9.17, 15) is 9.59 Å². The van der Waals surface area contributed by atoms with Crippen LogP contribution >= 0.6 is 31.9 Å². The van der Waals surface area contributed by atoms with Gasteiger partial charge in [0.15, 0.2) is 22.7 Å². The number of nitrogens with zero attached hydrogens (tertiary/aromatic N) is 2. The van der Waals surface area contributed by atoms with E-state index in [-0.39, 0.29) is 112 Å². The Balaban J connectivity index is 0.00000400. The molecule has 1 radical (unpaired) electrons. The van der Waals surface area contributed by atoms with Gasteiger partial charge in [-0.05, 0) is 62.4 Å². The van der Waals surface area contributed by atoms with Crippen LogP contribution in [0.3, 0.4) is 0 Å². The summed E-state index contributed by atoms with van der Waals surface area (Å²) in [5.41, 5.74) is 1.19. The van der Waals surface area contributed by atoms with Gasteiger partial charge in [0.05, 0.1) is 24.6 Å². The summed E-state index contributed by atoms with van der Waals surface area (Å²) in [6.45, 7) is 3.48. The van der Waals surface area contributed by atoms with Gasteiger partial charge in [0.1, 0.15) is 13.2 Å². The van der Waals surface area contributed by atoms with Crippen molar-refractivity contribution in [1.29, 1.82) is 0 Å². The van der Waals surface area contributed by atoms with Gasteiger partial charge in [0.25, 0.3) is 0 Å². The Morgan fingerprint density at radius 2 is 1.11 bits per heavy atom. The standard InChI is InChI=1S/C26H22Br2N2O7.K/c1-3-33-25(31)21-19(13-35-23(21)29-17-9-5-15(27)6-10-17)37-20-14-36-24(22(20)26(32)34-4-2)30-18-11-7-16(28)8-12-18;/h5-12H,3-4,13-14H2,1-2H3;. The number of benzene rings is 2. The Morgan fingerprint density at radius 1 is 0.737 bits per heavy atom. The third-order valence-corrected chi connectivity index (χ3v) is 6.04. The Bertz CT molecular complexity index is 1220. The molecule has 0 fully saturated rings. The number of rotatable bonds is 8. The summed E-state index contributed by atoms with van der Waals surface area (Å²) in [6.07, 6.45) is 0. The molecule has 2 aliphatic rings. The molecule has 0 spiro atoms. The molecule has 0 atom stereocenters. The zero-order valence-corrected chi connectivity index (χ0v) is 27.3. The topological polar surface area (TPSA) is 105 Å². The predicted octanol–water partition coefficient (Wildman–Crippen LogP) is 5.30. The van der Waals surface area contributed by atoms with E-state index in [2.05, 4.69) is 41.8 Å². The van der Waals surface area contributed by atoms with Crippen molar-refractivity contribution in [3.05, 3.63) is 80.1 Å². The molecular formula is C26H22Br2KN2O7. The summed E-state index contributed by atoms with van der Waals surface area (Å²) in [4.78, 5) is 34.6. The van der Waals surface area contributed by atoms with Crippen LogP contribution in [0.2, 0.25) is 0 Å². The van der Waals surface area contributed by atoms with E-state index >= 15 is 0 Å². The zero-order valence-electron chi connectivity index (χ0n) is 21.0. The molecule has 0 amide bonds. The second-order valence-corrected chi connectivity index (χ2v) is 9.33. The number of esters is 2. The van der Waals surface area contributed by atoms with Crippen molar-refractivity contribution < 1.29 is 33.3 Å². The Morgan fingerprint density at radius 3 is 1.45 bits per heavy atom. The summed E-state index contributed by atoms with van der Waals surface area (Å²) >= 11 is 6.76. The Labute approximate surface area is 279 Å². The molecule has 2 aromatic carbocycles. The quantitative estimate of drug-likeness (QED) is 0.277. The van der Waals surface area contributed by atoms with Crippen molar-refractivity contribution >= 4 is 118 Å². The van der Waals surface area contributed by atoms with Crippen LogP contribution in [0, 0.1) is 0 Å². The fourth-order valence-electron chi connectivity index (χ4n) is 3.36. The first-order valence-corrected chi connectivity index (χ1v) is 12.9. The molecule has 0 aliphatic carbocycles. The fourth-order valence-corrected chi connectivity index (χ4v) is 3.88. The second kappa shape index (κ2) is 14.5. The Kier molecular flexibility index (Phi) is 11.8. The number of carbonyl (C=O) groups is 2. The van der Waals surface area contributed by atoms with Gasteiger partial charge in [-0.15, -0.1) is 0 Å². The average molecular weight is 673 g/mol. The molecule has 0 unspecified atom stereocenters. The maximum Gasteiger partial charge on any atom is 0.347 e. The molecule has 0 bridgehead atoms. The smallest absolute Gasteiger partial charge is 0.347 e. The van der Waals surface area contributed by atoms with Crippen LogP contribution in [-0.2, 0) is 33.3 Å². The summed E-state index contributed by atoms with van der Waals surface area (Å²) in [7, 11) is 0. The van der Waals surface area contributed by atoms with Gasteiger partial charge in [-0.2, -0.15) is 0 Å². The minimum atomic E-state index is -0.660. The number of hydrogen-bond acceptors (Lipinski definition) is 9. The van der Waals surface area contributed by atoms with Crippen LogP contribution in [0.1, 0.15) is 13.8 Å².